The van der Waals surface area contributed by atoms with Gasteiger partial charge in [-0.1, -0.05) is 39.7 Å². The normalized spacial score (nSPS) is 11.1. The van der Waals surface area contributed by atoms with Crippen LogP contribution in [0, 0.1) is 6.92 Å². The van der Waals surface area contributed by atoms with Crippen molar-refractivity contribution in [3.63, 3.8) is 0 Å². The number of pyridine rings is 1. The molecule has 0 atom stereocenters. The first kappa shape index (κ1) is 11.8. The summed E-state index contributed by atoms with van der Waals surface area (Å²) in [6, 6.07) is 12.0. The van der Waals surface area contributed by atoms with Gasteiger partial charge in [-0.2, -0.15) is 0 Å². The highest BCUT2D eigenvalue weighted by Crippen LogP contribution is 2.27. The van der Waals surface area contributed by atoms with Gasteiger partial charge >= 0.3 is 0 Å². The van der Waals surface area contributed by atoms with Gasteiger partial charge in [0.25, 0.3) is 0 Å². The van der Waals surface area contributed by atoms with Gasteiger partial charge in [-0.15, -0.1) is 0 Å². The molecule has 0 saturated carbocycles. The Labute approximate surface area is 118 Å². The summed E-state index contributed by atoms with van der Waals surface area (Å²) in [6.07, 6.45) is 1.90. The minimum absolute atomic E-state index is 0.707. The molecular formula is C14H10BrClN2. The van der Waals surface area contributed by atoms with Crippen LogP contribution < -0.4 is 0 Å². The Morgan fingerprint density at radius 2 is 1.83 bits per heavy atom. The molecule has 2 heterocycles. The van der Waals surface area contributed by atoms with Crippen molar-refractivity contribution in [1.82, 2.24) is 9.38 Å². The van der Waals surface area contributed by atoms with E-state index in [9.17, 15) is 0 Å². The van der Waals surface area contributed by atoms with Gasteiger partial charge in [-0.25, -0.2) is 4.98 Å². The summed E-state index contributed by atoms with van der Waals surface area (Å²) < 4.78 is 3.09. The number of aryl methyl sites for hydroxylation is 1. The summed E-state index contributed by atoms with van der Waals surface area (Å²) in [4.78, 5) is 4.55. The van der Waals surface area contributed by atoms with Gasteiger partial charge in [0, 0.05) is 16.2 Å². The van der Waals surface area contributed by atoms with Crippen molar-refractivity contribution in [2.75, 3.05) is 0 Å². The summed E-state index contributed by atoms with van der Waals surface area (Å²) in [5.74, 6) is 0. The lowest BCUT2D eigenvalue weighted by atomic mass is 10.1. The van der Waals surface area contributed by atoms with E-state index >= 15 is 0 Å². The summed E-state index contributed by atoms with van der Waals surface area (Å²) >= 11 is 9.50. The van der Waals surface area contributed by atoms with Crippen LogP contribution in [0.25, 0.3) is 16.9 Å². The fourth-order valence-corrected chi connectivity index (χ4v) is 2.52. The second kappa shape index (κ2) is 4.41. The lowest BCUT2D eigenvalue weighted by molar-refractivity contribution is 1.19. The first-order valence-electron chi connectivity index (χ1n) is 5.55. The number of hydrogen-bond acceptors (Lipinski definition) is 1. The molecule has 3 aromatic rings. The molecule has 2 aromatic heterocycles. The lowest BCUT2D eigenvalue weighted by Gasteiger charge is -2.04. The molecule has 3 rings (SSSR count). The second-order valence-electron chi connectivity index (χ2n) is 4.13. The maximum atomic E-state index is 6.06. The third kappa shape index (κ3) is 1.93. The number of imidazole rings is 1. The van der Waals surface area contributed by atoms with Gasteiger partial charge in [0.1, 0.15) is 5.65 Å². The molecule has 0 aliphatic rings. The van der Waals surface area contributed by atoms with E-state index in [2.05, 4.69) is 33.0 Å². The summed E-state index contributed by atoms with van der Waals surface area (Å²) in [5, 5.41) is 0.707. The number of halogens is 2. The molecule has 0 aliphatic carbocycles. The molecule has 0 fully saturated rings. The number of nitrogens with zero attached hydrogens (tertiary/aromatic N) is 2. The zero-order chi connectivity index (χ0) is 12.7. The maximum absolute atomic E-state index is 6.06. The summed E-state index contributed by atoms with van der Waals surface area (Å²) in [6.45, 7) is 2.01. The van der Waals surface area contributed by atoms with Crippen molar-refractivity contribution in [2.24, 2.45) is 0 Å². The average molecular weight is 322 g/mol. The van der Waals surface area contributed by atoms with E-state index < -0.39 is 0 Å². The Bertz CT molecular complexity index is 716. The molecule has 0 N–H and O–H groups in total. The monoisotopic (exact) mass is 320 g/mol. The van der Waals surface area contributed by atoms with Gasteiger partial charge < -0.3 is 0 Å². The first-order valence-corrected chi connectivity index (χ1v) is 6.72. The van der Waals surface area contributed by atoms with Crippen LogP contribution in [0.5, 0.6) is 0 Å². The summed E-state index contributed by atoms with van der Waals surface area (Å²) in [7, 11) is 0. The smallest absolute Gasteiger partial charge is 0.137 e. The van der Waals surface area contributed by atoms with E-state index in [4.69, 9.17) is 11.6 Å². The largest absolute Gasteiger partial charge is 0.298 e. The molecule has 0 bridgehead atoms. The molecular weight excluding hydrogens is 312 g/mol. The van der Waals surface area contributed by atoms with Crippen molar-refractivity contribution < 1.29 is 0 Å². The van der Waals surface area contributed by atoms with Crippen molar-refractivity contribution in [2.45, 2.75) is 6.92 Å². The molecule has 0 radical (unpaired) electrons. The van der Waals surface area contributed by atoms with Gasteiger partial charge in [-0.05, 0) is 31.2 Å². The Kier molecular flexibility index (Phi) is 2.88. The van der Waals surface area contributed by atoms with E-state index in [-0.39, 0.29) is 0 Å². The number of aromatic nitrogens is 2. The highest BCUT2D eigenvalue weighted by atomic mass is 79.9. The zero-order valence-corrected chi connectivity index (χ0v) is 12.0. The van der Waals surface area contributed by atoms with Gasteiger partial charge in [0.05, 0.1) is 16.4 Å². The average Bonchev–Trinajstić information content (AvgIpc) is 2.66. The molecule has 1 aromatic carbocycles. The van der Waals surface area contributed by atoms with Crippen LogP contribution in [-0.2, 0) is 0 Å². The molecule has 0 unspecified atom stereocenters. The van der Waals surface area contributed by atoms with Crippen molar-refractivity contribution in [3.8, 4) is 11.3 Å². The second-order valence-corrected chi connectivity index (χ2v) is 5.48. The topological polar surface area (TPSA) is 17.3 Å². The van der Waals surface area contributed by atoms with Crippen LogP contribution in [-0.4, -0.2) is 9.38 Å². The highest BCUT2D eigenvalue weighted by molar-refractivity contribution is 9.10. The molecule has 0 saturated heterocycles. The molecule has 0 amide bonds. The minimum atomic E-state index is 0.707. The third-order valence-electron chi connectivity index (χ3n) is 2.87. The van der Waals surface area contributed by atoms with Crippen LogP contribution in [0.4, 0.5) is 0 Å². The van der Waals surface area contributed by atoms with Crippen molar-refractivity contribution in [3.05, 3.63) is 57.8 Å². The molecule has 2 nitrogen and oxygen atoms in total. The quantitative estimate of drug-likeness (QED) is 0.633. The number of hydrogen-bond donors (Lipinski definition) is 0. The zero-order valence-electron chi connectivity index (χ0n) is 9.69. The molecule has 90 valence electrons. The fourth-order valence-electron chi connectivity index (χ4n) is 2.09. The van der Waals surface area contributed by atoms with Crippen molar-refractivity contribution >= 4 is 33.2 Å². The first-order chi connectivity index (χ1) is 8.65. The van der Waals surface area contributed by atoms with E-state index in [0.717, 1.165) is 27.1 Å². The van der Waals surface area contributed by atoms with E-state index in [1.54, 1.807) is 0 Å². The fraction of sp³-hybridized carbons (Fsp3) is 0.0714. The standard InChI is InChI=1S/C14H10BrClN2/c1-9-14(10-2-4-11(15)5-3-10)18-8-12(16)6-7-13(18)17-9/h2-8H,1H3. The molecule has 0 aliphatic heterocycles. The predicted molar refractivity (Wildman–Crippen MR) is 78.1 cm³/mol. The predicted octanol–water partition coefficient (Wildman–Crippen LogP) is 4.73. The molecule has 4 heteroatoms. The highest BCUT2D eigenvalue weighted by Gasteiger charge is 2.10. The van der Waals surface area contributed by atoms with Crippen LogP contribution in [0.1, 0.15) is 5.69 Å². The van der Waals surface area contributed by atoms with Crippen LogP contribution in [0.3, 0.4) is 0 Å². The van der Waals surface area contributed by atoms with Crippen LogP contribution in [0.15, 0.2) is 47.1 Å². The Morgan fingerprint density at radius 1 is 1.11 bits per heavy atom. The summed E-state index contributed by atoms with van der Waals surface area (Å²) in [5.41, 5.74) is 4.12. The Hall–Kier alpha value is -1.32. The van der Waals surface area contributed by atoms with Crippen LogP contribution >= 0.6 is 27.5 Å². The Balaban J connectivity index is 2.30. The molecule has 18 heavy (non-hydrogen) atoms. The van der Waals surface area contributed by atoms with Gasteiger partial charge in [-0.3, -0.25) is 4.40 Å². The number of fused-ring (bicyclic) bond motifs is 1. The van der Waals surface area contributed by atoms with Gasteiger partial charge in [0.2, 0.25) is 0 Å². The number of benzene rings is 1. The number of rotatable bonds is 1. The minimum Gasteiger partial charge on any atom is -0.298 e. The lowest BCUT2D eigenvalue weighted by Crippen LogP contribution is -1.89. The van der Waals surface area contributed by atoms with E-state index in [1.165, 1.54) is 0 Å². The molecule has 0 spiro atoms. The van der Waals surface area contributed by atoms with E-state index in [0.29, 0.717) is 5.02 Å². The van der Waals surface area contributed by atoms with Crippen molar-refractivity contribution in [1.29, 1.82) is 0 Å². The SMILES string of the molecule is Cc1nc2ccc(Cl)cn2c1-c1ccc(Br)cc1. The van der Waals surface area contributed by atoms with Crippen LogP contribution in [0.2, 0.25) is 5.02 Å². The third-order valence-corrected chi connectivity index (χ3v) is 3.63. The van der Waals surface area contributed by atoms with E-state index in [1.807, 2.05) is 41.8 Å². The maximum Gasteiger partial charge on any atom is 0.137 e. The van der Waals surface area contributed by atoms with Gasteiger partial charge in [0.15, 0.2) is 0 Å². The Morgan fingerprint density at radius 3 is 2.56 bits per heavy atom.